The lowest BCUT2D eigenvalue weighted by Crippen LogP contribution is -2.54. The van der Waals surface area contributed by atoms with Crippen LogP contribution in [0.15, 0.2) is 103 Å². The lowest BCUT2D eigenvalue weighted by molar-refractivity contribution is -0.142. The van der Waals surface area contributed by atoms with Gasteiger partial charge in [0.25, 0.3) is 0 Å². The predicted octanol–water partition coefficient (Wildman–Crippen LogP) is 8.70. The largest absolute Gasteiger partial charge is 0.493 e. The molecule has 0 radical (unpaired) electrons. The van der Waals surface area contributed by atoms with Crippen molar-refractivity contribution < 1.29 is 33.6 Å². The molecule has 2 aliphatic heterocycles. The quantitative estimate of drug-likeness (QED) is 0.121. The highest BCUT2D eigenvalue weighted by atomic mass is 16.6. The van der Waals surface area contributed by atoms with Crippen LogP contribution in [0.3, 0.4) is 0 Å². The molecular formula is C48H51N3O7. The van der Waals surface area contributed by atoms with E-state index in [-0.39, 0.29) is 18.4 Å². The van der Waals surface area contributed by atoms with Gasteiger partial charge in [0.15, 0.2) is 17.6 Å². The zero-order valence-electron chi connectivity index (χ0n) is 33.2. The molecule has 5 aromatic rings. The molecule has 2 N–H and O–H groups in total. The fourth-order valence-electron chi connectivity index (χ4n) is 8.21. The normalized spacial score (nSPS) is 18.4. The van der Waals surface area contributed by atoms with Gasteiger partial charge in [0.2, 0.25) is 5.91 Å². The third-order valence-electron chi connectivity index (χ3n) is 11.8. The Kier molecular flexibility index (Phi) is 11.9. The van der Waals surface area contributed by atoms with Crippen molar-refractivity contribution in [2.24, 2.45) is 5.92 Å². The average Bonchev–Trinajstić information content (AvgIpc) is 3.24. The van der Waals surface area contributed by atoms with Gasteiger partial charge in [-0.15, -0.1) is 0 Å². The number of aromatic nitrogens is 1. The Balaban J connectivity index is 0.947. The molecule has 1 amide bonds. The van der Waals surface area contributed by atoms with E-state index >= 15 is 0 Å². The molecule has 1 fully saturated rings. The molecule has 10 nitrogen and oxygen atoms in total. The zero-order chi connectivity index (χ0) is 40.0. The van der Waals surface area contributed by atoms with Crippen LogP contribution in [0.25, 0.3) is 0 Å². The molecule has 3 heterocycles. The summed E-state index contributed by atoms with van der Waals surface area (Å²) in [6.45, 7) is 6.00. The van der Waals surface area contributed by atoms with Gasteiger partial charge in [-0.05, 0) is 109 Å². The Bertz CT molecular complexity index is 2200. The Hall–Kier alpha value is -5.87. The Morgan fingerprint density at radius 1 is 0.879 bits per heavy atom. The van der Waals surface area contributed by atoms with Crippen molar-refractivity contribution in [3.63, 3.8) is 0 Å². The molecule has 1 saturated carbocycles. The second-order valence-electron chi connectivity index (χ2n) is 15.8. The first kappa shape index (κ1) is 39.0. The van der Waals surface area contributed by atoms with Gasteiger partial charge < -0.3 is 29.4 Å². The van der Waals surface area contributed by atoms with Crippen molar-refractivity contribution in [3.05, 3.63) is 142 Å². The van der Waals surface area contributed by atoms with Crippen LogP contribution in [0.5, 0.6) is 28.7 Å². The number of nitrogens with one attached hydrogen (secondary N) is 1. The minimum atomic E-state index is -1.13. The van der Waals surface area contributed by atoms with Gasteiger partial charge in [-0.1, -0.05) is 73.9 Å². The monoisotopic (exact) mass is 781 g/mol. The topological polar surface area (TPSA) is 119 Å². The summed E-state index contributed by atoms with van der Waals surface area (Å²) in [4.78, 5) is 33.1. The van der Waals surface area contributed by atoms with Crippen LogP contribution in [-0.4, -0.2) is 52.2 Å². The molecule has 1 aromatic heterocycles. The van der Waals surface area contributed by atoms with Crippen molar-refractivity contribution in [3.8, 4) is 28.7 Å². The van der Waals surface area contributed by atoms with E-state index in [0.29, 0.717) is 55.0 Å². The molecule has 0 saturated heterocycles. The summed E-state index contributed by atoms with van der Waals surface area (Å²) in [5.74, 6) is 2.73. The number of fused-ring (bicyclic) bond motifs is 2. The fraction of sp³-hybridized carbons (Fsp3) is 0.354. The molecule has 10 heteroatoms. The maximum atomic E-state index is 14.2. The summed E-state index contributed by atoms with van der Waals surface area (Å²) in [7, 11) is 0. The van der Waals surface area contributed by atoms with Gasteiger partial charge >= 0.3 is 5.97 Å². The molecule has 58 heavy (non-hydrogen) atoms. The molecular weight excluding hydrogens is 731 g/mol. The number of hydrogen-bond acceptors (Lipinski definition) is 8. The number of benzene rings is 4. The third kappa shape index (κ3) is 9.29. The van der Waals surface area contributed by atoms with E-state index < -0.39 is 18.1 Å². The highest BCUT2D eigenvalue weighted by Crippen LogP contribution is 2.41. The van der Waals surface area contributed by atoms with Crippen LogP contribution >= 0.6 is 0 Å². The van der Waals surface area contributed by atoms with Gasteiger partial charge in [-0.2, -0.15) is 0 Å². The molecule has 4 aromatic carbocycles. The number of carboxylic acid groups (broad SMARTS) is 1. The summed E-state index contributed by atoms with van der Waals surface area (Å²) in [6, 6.07) is 29.5. The number of aliphatic carboxylic acids is 1. The summed E-state index contributed by atoms with van der Waals surface area (Å²) < 4.78 is 25.0. The molecule has 1 unspecified atom stereocenters. The number of pyridine rings is 1. The lowest BCUT2D eigenvalue weighted by atomic mass is 9.90. The summed E-state index contributed by atoms with van der Waals surface area (Å²) in [6.07, 6.45) is 8.37. The average molecular weight is 782 g/mol. The van der Waals surface area contributed by atoms with Crippen molar-refractivity contribution in [2.45, 2.75) is 90.1 Å². The number of carbonyl (C=O) groups excluding carboxylic acids is 1. The number of ether oxygens (including phenoxy) is 4. The molecule has 300 valence electrons. The summed E-state index contributed by atoms with van der Waals surface area (Å²) in [5.41, 5.74) is 6.70. The first-order valence-corrected chi connectivity index (χ1v) is 20.4. The van der Waals surface area contributed by atoms with Crippen LogP contribution < -0.4 is 24.3 Å². The Morgan fingerprint density at radius 3 is 2.38 bits per heavy atom. The standard InChI is InChI=1S/C48H51N3O7/c1-31-32(2)49-22-21-43(31)57-40-17-13-33(14-18-40)23-41(48(53)54)50-47(52)42-24-37-25-44-45(26-38(37)28-51(42)27-34-9-5-3-6-10-34)58-46(30-56-44)36-15-19-39(20-16-36)55-29-35-11-7-4-8-12-35/h3,5-6,9-10,13-22,25-26,35,41-42,46H,4,7-8,11-12,23-24,27-30H2,1-2H3,(H,50,52)(H,53,54)/t41?,42-,46+/m0/s1. The van der Waals surface area contributed by atoms with E-state index in [1.165, 1.54) is 32.1 Å². The van der Waals surface area contributed by atoms with Crippen LogP contribution in [0.1, 0.15) is 77.3 Å². The molecule has 1 aliphatic carbocycles. The van der Waals surface area contributed by atoms with Gasteiger partial charge in [0, 0.05) is 37.0 Å². The van der Waals surface area contributed by atoms with E-state index in [1.807, 2.05) is 98.8 Å². The van der Waals surface area contributed by atoms with E-state index in [9.17, 15) is 14.7 Å². The summed E-state index contributed by atoms with van der Waals surface area (Å²) in [5, 5.41) is 13.2. The van der Waals surface area contributed by atoms with Crippen LogP contribution in [-0.2, 0) is 35.5 Å². The van der Waals surface area contributed by atoms with Gasteiger partial charge in [-0.3, -0.25) is 14.7 Å². The smallest absolute Gasteiger partial charge is 0.326 e. The van der Waals surface area contributed by atoms with E-state index in [1.54, 1.807) is 6.20 Å². The first-order chi connectivity index (χ1) is 28.3. The Labute approximate surface area is 340 Å². The first-order valence-electron chi connectivity index (χ1n) is 20.4. The number of rotatable bonds is 13. The molecule has 3 atom stereocenters. The maximum absolute atomic E-state index is 14.2. The predicted molar refractivity (Wildman–Crippen MR) is 220 cm³/mol. The highest BCUT2D eigenvalue weighted by molar-refractivity contribution is 5.87. The lowest BCUT2D eigenvalue weighted by Gasteiger charge is -2.37. The van der Waals surface area contributed by atoms with Crippen LogP contribution in [0.4, 0.5) is 0 Å². The third-order valence-corrected chi connectivity index (χ3v) is 11.8. The minimum Gasteiger partial charge on any atom is -0.493 e. The second kappa shape index (κ2) is 17.7. The number of carboxylic acids is 1. The summed E-state index contributed by atoms with van der Waals surface area (Å²) >= 11 is 0. The van der Waals surface area contributed by atoms with Crippen LogP contribution in [0.2, 0.25) is 0 Å². The van der Waals surface area contributed by atoms with E-state index in [0.717, 1.165) is 51.4 Å². The number of amides is 1. The molecule has 0 spiro atoms. The second-order valence-corrected chi connectivity index (χ2v) is 15.8. The van der Waals surface area contributed by atoms with Crippen molar-refractivity contribution in [2.75, 3.05) is 13.2 Å². The van der Waals surface area contributed by atoms with Crippen LogP contribution in [0, 0.1) is 19.8 Å². The van der Waals surface area contributed by atoms with Gasteiger partial charge in [0.1, 0.15) is 29.9 Å². The van der Waals surface area contributed by atoms with Crippen molar-refractivity contribution >= 4 is 11.9 Å². The van der Waals surface area contributed by atoms with E-state index in [2.05, 4.69) is 27.3 Å². The van der Waals surface area contributed by atoms with Crippen molar-refractivity contribution in [1.29, 1.82) is 0 Å². The van der Waals surface area contributed by atoms with Gasteiger partial charge in [-0.25, -0.2) is 4.79 Å². The maximum Gasteiger partial charge on any atom is 0.326 e. The molecule has 0 bridgehead atoms. The van der Waals surface area contributed by atoms with Crippen molar-refractivity contribution in [1.82, 2.24) is 15.2 Å². The van der Waals surface area contributed by atoms with E-state index in [4.69, 9.17) is 18.9 Å². The fourth-order valence-corrected chi connectivity index (χ4v) is 8.21. The highest BCUT2D eigenvalue weighted by Gasteiger charge is 2.36. The molecule has 8 rings (SSSR count). The number of hydrogen-bond donors (Lipinski definition) is 2. The zero-order valence-corrected chi connectivity index (χ0v) is 33.2. The number of nitrogens with zero attached hydrogens (tertiary/aromatic N) is 2. The Morgan fingerprint density at radius 2 is 1.62 bits per heavy atom. The number of aryl methyl sites for hydroxylation is 1. The minimum absolute atomic E-state index is 0.118. The SMILES string of the molecule is Cc1nccc(Oc2ccc(CC(NC(=O)[C@@H]3Cc4cc5c(cc4CN3Cc3ccccc3)O[C@@H](c3ccc(OCC4CCCCC4)cc3)CO5)C(=O)O)cc2)c1C. The number of carbonyl (C=O) groups is 2. The molecule has 3 aliphatic rings. The van der Waals surface area contributed by atoms with Gasteiger partial charge in [0.05, 0.1) is 12.6 Å².